The van der Waals surface area contributed by atoms with Gasteiger partial charge in [-0.2, -0.15) is 0 Å². The molecule has 134 valence electrons. The number of benzene rings is 1. The second kappa shape index (κ2) is 7.78. The van der Waals surface area contributed by atoms with Gasteiger partial charge in [0.05, 0.1) is 7.11 Å². The van der Waals surface area contributed by atoms with E-state index in [0.29, 0.717) is 17.9 Å². The van der Waals surface area contributed by atoms with Crippen molar-refractivity contribution in [3.8, 4) is 5.75 Å². The molecule has 1 aromatic rings. The first-order valence-electron chi connectivity index (χ1n) is 7.93. The Morgan fingerprint density at radius 1 is 1.12 bits per heavy atom. The van der Waals surface area contributed by atoms with Crippen molar-refractivity contribution in [1.29, 1.82) is 0 Å². The van der Waals surface area contributed by atoms with Gasteiger partial charge >= 0.3 is 17.8 Å². The normalized spacial score (nSPS) is 14.5. The Balaban J connectivity index is 1.84. The van der Waals surface area contributed by atoms with Crippen LogP contribution in [0.15, 0.2) is 24.3 Å². The van der Waals surface area contributed by atoms with Crippen LogP contribution in [0.1, 0.15) is 19.4 Å². The van der Waals surface area contributed by atoms with E-state index in [-0.39, 0.29) is 0 Å². The molecule has 1 fully saturated rings. The number of urea groups is 1. The molecule has 1 N–H and O–H groups in total. The lowest BCUT2D eigenvalue weighted by Gasteiger charge is -2.18. The Morgan fingerprint density at radius 2 is 1.76 bits per heavy atom. The standard InChI is InChI=1S/C17H21N3O5/c1-11(2)20-16(23)15(22)19(17(20)24)10-14(21)18-9-8-12-4-6-13(25-3)7-5-12/h4-7,11H,8-10H2,1-3H3,(H,18,21). The molecule has 1 saturated heterocycles. The summed E-state index contributed by atoms with van der Waals surface area (Å²) >= 11 is 0. The summed E-state index contributed by atoms with van der Waals surface area (Å²) in [5.74, 6) is -1.61. The summed E-state index contributed by atoms with van der Waals surface area (Å²) in [5.41, 5.74) is 1.01. The first kappa shape index (κ1) is 18.4. The van der Waals surface area contributed by atoms with Gasteiger partial charge in [-0.3, -0.25) is 19.3 Å². The molecule has 5 amide bonds. The van der Waals surface area contributed by atoms with Crippen LogP contribution in [0.5, 0.6) is 5.75 Å². The molecule has 0 atom stereocenters. The zero-order valence-electron chi connectivity index (χ0n) is 14.4. The van der Waals surface area contributed by atoms with Gasteiger partial charge in [-0.05, 0) is 38.0 Å². The zero-order chi connectivity index (χ0) is 18.6. The number of imide groups is 2. The van der Waals surface area contributed by atoms with E-state index in [2.05, 4.69) is 5.32 Å². The highest BCUT2D eigenvalue weighted by molar-refractivity contribution is 6.45. The van der Waals surface area contributed by atoms with Crippen LogP contribution in [0.4, 0.5) is 4.79 Å². The summed E-state index contributed by atoms with van der Waals surface area (Å²) in [6, 6.07) is 6.23. The van der Waals surface area contributed by atoms with Crippen molar-refractivity contribution in [2.45, 2.75) is 26.3 Å². The average molecular weight is 347 g/mol. The van der Waals surface area contributed by atoms with Gasteiger partial charge in [-0.25, -0.2) is 9.69 Å². The summed E-state index contributed by atoms with van der Waals surface area (Å²) in [5, 5.41) is 2.64. The highest BCUT2D eigenvalue weighted by atomic mass is 16.5. The fraction of sp³-hybridized carbons (Fsp3) is 0.412. The van der Waals surface area contributed by atoms with Crippen molar-refractivity contribution < 1.29 is 23.9 Å². The fourth-order valence-electron chi connectivity index (χ4n) is 2.46. The molecule has 1 aliphatic rings. The number of methoxy groups -OCH3 is 1. The molecule has 0 radical (unpaired) electrons. The molecule has 1 aliphatic heterocycles. The third-order valence-corrected chi connectivity index (χ3v) is 3.80. The van der Waals surface area contributed by atoms with Crippen molar-refractivity contribution in [2.75, 3.05) is 20.2 Å². The minimum atomic E-state index is -0.969. The van der Waals surface area contributed by atoms with E-state index in [0.717, 1.165) is 16.2 Å². The van der Waals surface area contributed by atoms with Gasteiger partial charge < -0.3 is 10.1 Å². The second-order valence-corrected chi connectivity index (χ2v) is 5.89. The number of carbonyl (C=O) groups excluding carboxylic acids is 4. The maximum atomic E-state index is 12.1. The summed E-state index contributed by atoms with van der Waals surface area (Å²) in [4.78, 5) is 49.2. The number of rotatable bonds is 7. The molecule has 8 nitrogen and oxygen atoms in total. The molecule has 25 heavy (non-hydrogen) atoms. The van der Waals surface area contributed by atoms with E-state index in [1.165, 1.54) is 0 Å². The largest absolute Gasteiger partial charge is 0.497 e. The Morgan fingerprint density at radius 3 is 2.28 bits per heavy atom. The van der Waals surface area contributed by atoms with Gasteiger partial charge in [0, 0.05) is 12.6 Å². The Labute approximate surface area is 145 Å². The molecule has 2 rings (SSSR count). The van der Waals surface area contributed by atoms with Crippen molar-refractivity contribution in [2.24, 2.45) is 0 Å². The first-order chi connectivity index (χ1) is 11.8. The van der Waals surface area contributed by atoms with E-state index in [9.17, 15) is 19.2 Å². The lowest BCUT2D eigenvalue weighted by Crippen LogP contribution is -2.42. The number of amides is 5. The lowest BCUT2D eigenvalue weighted by atomic mass is 10.1. The van der Waals surface area contributed by atoms with E-state index < -0.39 is 36.3 Å². The highest BCUT2D eigenvalue weighted by Gasteiger charge is 2.46. The number of hydrogen-bond donors (Lipinski definition) is 1. The molecule has 0 unspecified atom stereocenters. The molecular formula is C17H21N3O5. The van der Waals surface area contributed by atoms with Crippen molar-refractivity contribution in [3.63, 3.8) is 0 Å². The minimum Gasteiger partial charge on any atom is -0.497 e. The molecule has 1 aromatic carbocycles. The monoisotopic (exact) mass is 347 g/mol. The maximum absolute atomic E-state index is 12.1. The topological polar surface area (TPSA) is 96.0 Å². The van der Waals surface area contributed by atoms with Crippen LogP contribution in [-0.4, -0.2) is 59.8 Å². The van der Waals surface area contributed by atoms with Crippen LogP contribution in [-0.2, 0) is 20.8 Å². The molecule has 0 spiro atoms. The first-order valence-corrected chi connectivity index (χ1v) is 7.93. The number of ether oxygens (including phenoxy) is 1. The predicted octanol–water partition coefficient (Wildman–Crippen LogP) is 0.553. The summed E-state index contributed by atoms with van der Waals surface area (Å²) < 4.78 is 5.07. The van der Waals surface area contributed by atoms with E-state index in [1.807, 2.05) is 24.3 Å². The summed E-state index contributed by atoms with van der Waals surface area (Å²) in [6.45, 7) is 3.14. The van der Waals surface area contributed by atoms with E-state index >= 15 is 0 Å². The van der Waals surface area contributed by atoms with Crippen LogP contribution < -0.4 is 10.1 Å². The molecule has 8 heteroatoms. The molecule has 1 heterocycles. The van der Waals surface area contributed by atoms with Crippen LogP contribution >= 0.6 is 0 Å². The fourth-order valence-corrected chi connectivity index (χ4v) is 2.46. The van der Waals surface area contributed by atoms with Gasteiger partial charge in [0.1, 0.15) is 12.3 Å². The van der Waals surface area contributed by atoms with E-state index in [1.54, 1.807) is 21.0 Å². The maximum Gasteiger partial charge on any atom is 0.334 e. The second-order valence-electron chi connectivity index (χ2n) is 5.89. The number of carbonyl (C=O) groups is 4. The third kappa shape index (κ3) is 4.14. The predicted molar refractivity (Wildman–Crippen MR) is 88.8 cm³/mol. The molecule has 0 aliphatic carbocycles. The van der Waals surface area contributed by atoms with Crippen LogP contribution in [0, 0.1) is 0 Å². The Hall–Kier alpha value is -2.90. The number of nitrogens with one attached hydrogen (secondary N) is 1. The Kier molecular flexibility index (Phi) is 5.74. The number of nitrogens with zero attached hydrogens (tertiary/aromatic N) is 2. The number of hydrogen-bond acceptors (Lipinski definition) is 5. The van der Waals surface area contributed by atoms with Crippen molar-refractivity contribution in [1.82, 2.24) is 15.1 Å². The van der Waals surface area contributed by atoms with Gasteiger partial charge in [-0.15, -0.1) is 0 Å². The van der Waals surface area contributed by atoms with Gasteiger partial charge in [0.2, 0.25) is 5.91 Å². The highest BCUT2D eigenvalue weighted by Crippen LogP contribution is 2.15. The van der Waals surface area contributed by atoms with Crippen molar-refractivity contribution in [3.05, 3.63) is 29.8 Å². The SMILES string of the molecule is COc1ccc(CCNC(=O)CN2C(=O)C(=O)N(C(C)C)C2=O)cc1. The molecule has 0 aromatic heterocycles. The molecule has 0 bridgehead atoms. The van der Waals surface area contributed by atoms with Gasteiger partial charge in [-0.1, -0.05) is 12.1 Å². The van der Waals surface area contributed by atoms with Crippen molar-refractivity contribution >= 4 is 23.8 Å². The van der Waals surface area contributed by atoms with Crippen LogP contribution in [0.3, 0.4) is 0 Å². The van der Waals surface area contributed by atoms with Gasteiger partial charge in [0.15, 0.2) is 0 Å². The smallest absolute Gasteiger partial charge is 0.334 e. The average Bonchev–Trinajstić information content (AvgIpc) is 2.79. The quantitative estimate of drug-likeness (QED) is 0.574. The van der Waals surface area contributed by atoms with E-state index in [4.69, 9.17) is 4.74 Å². The van der Waals surface area contributed by atoms with Crippen LogP contribution in [0.25, 0.3) is 0 Å². The summed E-state index contributed by atoms with van der Waals surface area (Å²) in [6.07, 6.45) is 0.592. The van der Waals surface area contributed by atoms with Crippen LogP contribution in [0.2, 0.25) is 0 Å². The summed E-state index contributed by atoms with van der Waals surface area (Å²) in [7, 11) is 1.58. The molecular weight excluding hydrogens is 326 g/mol. The zero-order valence-corrected chi connectivity index (χ0v) is 14.4. The minimum absolute atomic E-state index is 0.350. The lowest BCUT2D eigenvalue weighted by molar-refractivity contribution is -0.144. The third-order valence-electron chi connectivity index (χ3n) is 3.80. The Bertz CT molecular complexity index is 684. The molecule has 0 saturated carbocycles. The van der Waals surface area contributed by atoms with Gasteiger partial charge in [0.25, 0.3) is 0 Å².